The number of carbonyl (C=O) groups is 3. The first kappa shape index (κ1) is 32.2. The van der Waals surface area contributed by atoms with E-state index in [1.165, 1.54) is 17.0 Å². The molecule has 0 bridgehead atoms. The van der Waals surface area contributed by atoms with Crippen LogP contribution in [0.3, 0.4) is 0 Å². The number of nitrogens with zero attached hydrogens (tertiary/aromatic N) is 1. The Bertz CT molecular complexity index is 1550. The van der Waals surface area contributed by atoms with Gasteiger partial charge in [-0.15, -0.1) is 23.2 Å². The van der Waals surface area contributed by atoms with Crippen molar-refractivity contribution >= 4 is 93.0 Å². The lowest BCUT2D eigenvalue weighted by molar-refractivity contribution is -0.117. The summed E-state index contributed by atoms with van der Waals surface area (Å²) in [6.45, 7) is 7.18. The van der Waals surface area contributed by atoms with Crippen LogP contribution in [-0.2, 0) is 9.53 Å². The van der Waals surface area contributed by atoms with Gasteiger partial charge in [0.15, 0.2) is 0 Å². The number of rotatable bonds is 6. The van der Waals surface area contributed by atoms with Crippen LogP contribution in [0.1, 0.15) is 48.2 Å². The summed E-state index contributed by atoms with van der Waals surface area (Å²) in [5.41, 5.74) is 2.32. The second-order valence-corrected chi connectivity index (χ2v) is 13.7. The maximum atomic E-state index is 13.2. The predicted octanol–water partition coefficient (Wildman–Crippen LogP) is 9.10. The molecule has 42 heavy (non-hydrogen) atoms. The molecule has 1 aliphatic carbocycles. The SMILES string of the molecule is Cc1cc(NC(=O)c2cc(NC(=O)C3C(c4cc(Cl)cc(Cl)c4)C3(Cl)Cl)ccc2Cl)ccc1N(C)C(=O)OC(C)(C)C. The first-order chi connectivity index (χ1) is 19.5. The lowest BCUT2D eigenvalue weighted by atomic mass is 10.1. The monoisotopic (exact) mass is 669 g/mol. The number of anilines is 3. The molecule has 4 rings (SSSR count). The molecule has 2 unspecified atom stereocenters. The predicted molar refractivity (Wildman–Crippen MR) is 171 cm³/mol. The van der Waals surface area contributed by atoms with Crippen molar-refractivity contribution in [3.05, 3.63) is 86.4 Å². The highest BCUT2D eigenvalue weighted by atomic mass is 35.5. The van der Waals surface area contributed by atoms with E-state index in [9.17, 15) is 14.4 Å². The molecule has 0 saturated heterocycles. The number of amides is 3. The standard InChI is InChI=1S/C30H28Cl5N3O4/c1-15-10-19(7-9-23(15)38(5)28(41)42-29(2,3)4)36-26(39)21-14-20(6-8-22(21)33)37-27(40)25-24(30(25,34)35)16-11-17(31)13-18(32)12-16/h6-14,24-25H,1-5H3,(H,36,39)(H,37,40). The molecular formula is C30H28Cl5N3O4. The summed E-state index contributed by atoms with van der Waals surface area (Å²) in [4.78, 5) is 40.2. The van der Waals surface area contributed by atoms with Gasteiger partial charge in [0.1, 0.15) is 9.93 Å². The third kappa shape index (κ3) is 7.26. The van der Waals surface area contributed by atoms with Crippen molar-refractivity contribution in [2.24, 2.45) is 5.92 Å². The third-order valence-electron chi connectivity index (χ3n) is 6.54. The normalized spacial score (nSPS) is 17.3. The maximum absolute atomic E-state index is 13.2. The minimum absolute atomic E-state index is 0.138. The number of nitrogens with one attached hydrogen (secondary N) is 2. The third-order valence-corrected chi connectivity index (χ3v) is 8.25. The number of hydrogen-bond donors (Lipinski definition) is 2. The molecule has 3 aromatic rings. The quantitative estimate of drug-likeness (QED) is 0.256. The largest absolute Gasteiger partial charge is 0.443 e. The summed E-state index contributed by atoms with van der Waals surface area (Å²) in [7, 11) is 1.61. The maximum Gasteiger partial charge on any atom is 0.414 e. The van der Waals surface area contributed by atoms with E-state index in [4.69, 9.17) is 62.7 Å². The molecule has 0 spiro atoms. The molecule has 3 aromatic carbocycles. The molecule has 0 heterocycles. The number of benzene rings is 3. The molecular weight excluding hydrogens is 644 g/mol. The van der Waals surface area contributed by atoms with E-state index >= 15 is 0 Å². The summed E-state index contributed by atoms with van der Waals surface area (Å²) in [6, 6.07) is 14.5. The molecule has 2 atom stereocenters. The van der Waals surface area contributed by atoms with Crippen LogP contribution < -0.4 is 15.5 Å². The molecule has 7 nitrogen and oxygen atoms in total. The van der Waals surface area contributed by atoms with Crippen molar-refractivity contribution in [1.29, 1.82) is 0 Å². The summed E-state index contributed by atoms with van der Waals surface area (Å²) in [6.07, 6.45) is -0.498. The van der Waals surface area contributed by atoms with Crippen LogP contribution in [0.5, 0.6) is 0 Å². The zero-order chi connectivity index (χ0) is 31.1. The van der Waals surface area contributed by atoms with Gasteiger partial charge in [-0.3, -0.25) is 14.5 Å². The van der Waals surface area contributed by atoms with Crippen molar-refractivity contribution in [1.82, 2.24) is 0 Å². The Labute approximate surface area is 269 Å². The van der Waals surface area contributed by atoms with Gasteiger partial charge in [0.05, 0.1) is 16.5 Å². The van der Waals surface area contributed by atoms with Crippen molar-refractivity contribution in [3.8, 4) is 0 Å². The lowest BCUT2D eigenvalue weighted by Crippen LogP contribution is -2.34. The Kier molecular flexibility index (Phi) is 9.31. The van der Waals surface area contributed by atoms with Gasteiger partial charge in [-0.2, -0.15) is 0 Å². The van der Waals surface area contributed by atoms with E-state index in [1.54, 1.807) is 70.3 Å². The van der Waals surface area contributed by atoms with Crippen LogP contribution in [0.2, 0.25) is 15.1 Å². The zero-order valence-electron chi connectivity index (χ0n) is 23.3. The molecule has 222 valence electrons. The molecule has 0 aromatic heterocycles. The van der Waals surface area contributed by atoms with Crippen LogP contribution in [0, 0.1) is 12.8 Å². The summed E-state index contributed by atoms with van der Waals surface area (Å²) in [5, 5.41) is 6.56. The average molecular weight is 672 g/mol. The van der Waals surface area contributed by atoms with Crippen molar-refractivity contribution in [3.63, 3.8) is 0 Å². The van der Waals surface area contributed by atoms with Gasteiger partial charge >= 0.3 is 6.09 Å². The van der Waals surface area contributed by atoms with Gasteiger partial charge in [-0.05, 0) is 93.4 Å². The second kappa shape index (κ2) is 12.1. The van der Waals surface area contributed by atoms with Gasteiger partial charge < -0.3 is 15.4 Å². The Hall–Kier alpha value is -2.68. The molecule has 12 heteroatoms. The minimum Gasteiger partial charge on any atom is -0.443 e. The molecule has 2 N–H and O–H groups in total. The van der Waals surface area contributed by atoms with Gasteiger partial charge in [-0.1, -0.05) is 34.8 Å². The molecule has 0 aliphatic heterocycles. The first-order valence-electron chi connectivity index (χ1n) is 12.8. The summed E-state index contributed by atoms with van der Waals surface area (Å²) >= 11 is 31.5. The topological polar surface area (TPSA) is 87.7 Å². The Morgan fingerprint density at radius 2 is 1.48 bits per heavy atom. The highest BCUT2D eigenvalue weighted by molar-refractivity contribution is 6.53. The van der Waals surface area contributed by atoms with Crippen molar-refractivity contribution in [2.75, 3.05) is 22.6 Å². The molecule has 3 amide bonds. The van der Waals surface area contributed by atoms with E-state index in [0.717, 1.165) is 5.56 Å². The second-order valence-electron chi connectivity index (χ2n) is 11.0. The van der Waals surface area contributed by atoms with Crippen LogP contribution in [0.15, 0.2) is 54.6 Å². The molecule has 1 fully saturated rings. The fourth-order valence-corrected chi connectivity index (χ4v) is 6.13. The van der Waals surface area contributed by atoms with Crippen LogP contribution in [0.4, 0.5) is 21.9 Å². The number of carbonyl (C=O) groups excluding carboxylic acids is 3. The van der Waals surface area contributed by atoms with E-state index in [1.807, 2.05) is 6.92 Å². The Balaban J connectivity index is 1.46. The number of halogens is 5. The fraction of sp³-hybridized carbons (Fsp3) is 0.300. The van der Waals surface area contributed by atoms with Crippen molar-refractivity contribution in [2.45, 2.75) is 43.5 Å². The number of alkyl halides is 2. The summed E-state index contributed by atoms with van der Waals surface area (Å²) in [5.74, 6) is -2.22. The van der Waals surface area contributed by atoms with Crippen molar-refractivity contribution < 1.29 is 19.1 Å². The van der Waals surface area contributed by atoms with Gasteiger partial charge in [-0.25, -0.2) is 4.79 Å². The number of ether oxygens (including phenoxy) is 1. The van der Waals surface area contributed by atoms with E-state index in [2.05, 4.69) is 10.6 Å². The smallest absolute Gasteiger partial charge is 0.414 e. The van der Waals surface area contributed by atoms with Crippen LogP contribution in [-0.4, -0.2) is 34.9 Å². The van der Waals surface area contributed by atoms with E-state index in [-0.39, 0.29) is 10.6 Å². The van der Waals surface area contributed by atoms with Gasteiger partial charge in [0.2, 0.25) is 5.91 Å². The highest BCUT2D eigenvalue weighted by Gasteiger charge is 2.67. The van der Waals surface area contributed by atoms with Crippen LogP contribution in [0.25, 0.3) is 0 Å². The van der Waals surface area contributed by atoms with Gasteiger partial charge in [0.25, 0.3) is 5.91 Å². The molecule has 1 aliphatic rings. The first-order valence-corrected chi connectivity index (χ1v) is 14.7. The number of aryl methyl sites for hydroxylation is 1. The van der Waals surface area contributed by atoms with E-state index < -0.39 is 39.7 Å². The zero-order valence-corrected chi connectivity index (χ0v) is 27.1. The Morgan fingerprint density at radius 1 is 0.881 bits per heavy atom. The molecule has 0 radical (unpaired) electrons. The molecule has 1 saturated carbocycles. The number of hydrogen-bond acceptors (Lipinski definition) is 4. The van der Waals surface area contributed by atoms with Gasteiger partial charge in [0, 0.05) is 40.1 Å². The fourth-order valence-electron chi connectivity index (χ4n) is 4.56. The average Bonchev–Trinajstić information content (AvgIpc) is 3.45. The van der Waals surface area contributed by atoms with E-state index in [0.29, 0.717) is 32.7 Å². The van der Waals surface area contributed by atoms with Crippen LogP contribution >= 0.6 is 58.0 Å². The lowest BCUT2D eigenvalue weighted by Gasteiger charge is -2.25. The minimum atomic E-state index is -1.35. The highest BCUT2D eigenvalue weighted by Crippen LogP contribution is 2.65. The Morgan fingerprint density at radius 3 is 2.07 bits per heavy atom. The summed E-state index contributed by atoms with van der Waals surface area (Å²) < 4.78 is 4.07.